The fourth-order valence-electron chi connectivity index (χ4n) is 3.02. The average molecular weight is 287 g/mol. The van der Waals surface area contributed by atoms with Crippen LogP contribution >= 0.6 is 0 Å². The van der Waals surface area contributed by atoms with Gasteiger partial charge in [0.15, 0.2) is 0 Å². The first-order valence-electron chi connectivity index (χ1n) is 7.64. The van der Waals surface area contributed by atoms with Gasteiger partial charge in [-0.1, -0.05) is 6.07 Å². The molecule has 0 saturated carbocycles. The maximum Gasteiger partial charge on any atom is 0.251 e. The number of hydrogen-bond donors (Lipinski definition) is 3. The Kier molecular flexibility index (Phi) is 4.20. The second kappa shape index (κ2) is 6.26. The Labute approximate surface area is 124 Å². The second-order valence-corrected chi connectivity index (χ2v) is 5.85. The van der Waals surface area contributed by atoms with E-state index in [0.29, 0.717) is 24.4 Å². The van der Waals surface area contributed by atoms with Gasteiger partial charge >= 0.3 is 0 Å². The maximum absolute atomic E-state index is 12.1. The molecule has 2 aliphatic heterocycles. The molecule has 112 valence electrons. The van der Waals surface area contributed by atoms with Crippen LogP contribution in [-0.2, 0) is 11.2 Å². The lowest BCUT2D eigenvalue weighted by atomic mass is 9.96. The largest absolute Gasteiger partial charge is 0.352 e. The monoisotopic (exact) mass is 287 g/mol. The van der Waals surface area contributed by atoms with Gasteiger partial charge in [0.25, 0.3) is 5.91 Å². The molecule has 0 aliphatic carbocycles. The van der Waals surface area contributed by atoms with Crippen LogP contribution in [0.4, 0.5) is 5.69 Å². The molecule has 0 radical (unpaired) electrons. The first-order chi connectivity index (χ1) is 10.2. The summed E-state index contributed by atoms with van der Waals surface area (Å²) in [6, 6.07) is 5.40. The first kappa shape index (κ1) is 14.1. The Bertz CT molecular complexity index is 550. The second-order valence-electron chi connectivity index (χ2n) is 5.85. The third kappa shape index (κ3) is 3.42. The van der Waals surface area contributed by atoms with Crippen molar-refractivity contribution in [2.24, 2.45) is 5.92 Å². The number of hydrogen-bond acceptors (Lipinski definition) is 3. The van der Waals surface area contributed by atoms with Gasteiger partial charge in [-0.15, -0.1) is 0 Å². The smallest absolute Gasteiger partial charge is 0.251 e. The van der Waals surface area contributed by atoms with E-state index in [9.17, 15) is 9.59 Å². The van der Waals surface area contributed by atoms with Crippen LogP contribution in [0.3, 0.4) is 0 Å². The zero-order valence-corrected chi connectivity index (χ0v) is 12.1. The Balaban J connectivity index is 1.51. The highest BCUT2D eigenvalue weighted by Gasteiger charge is 2.19. The van der Waals surface area contributed by atoms with Gasteiger partial charge in [-0.3, -0.25) is 9.59 Å². The molecular weight excluding hydrogens is 266 g/mol. The Morgan fingerprint density at radius 1 is 1.38 bits per heavy atom. The third-order valence-electron chi connectivity index (χ3n) is 4.23. The van der Waals surface area contributed by atoms with E-state index in [2.05, 4.69) is 16.0 Å². The minimum atomic E-state index is -0.0669. The highest BCUT2D eigenvalue weighted by Crippen LogP contribution is 2.24. The normalized spacial score (nSPS) is 20.8. The summed E-state index contributed by atoms with van der Waals surface area (Å²) < 4.78 is 0. The molecule has 1 aromatic rings. The molecule has 1 saturated heterocycles. The number of carbonyl (C=O) groups excluding carboxylic acids is 2. The Morgan fingerprint density at radius 3 is 3.10 bits per heavy atom. The van der Waals surface area contributed by atoms with Gasteiger partial charge in [0, 0.05) is 17.8 Å². The van der Waals surface area contributed by atoms with Crippen molar-refractivity contribution in [3.63, 3.8) is 0 Å². The van der Waals surface area contributed by atoms with Crippen LogP contribution in [0, 0.1) is 5.92 Å². The number of piperidine rings is 1. The number of fused-ring (bicyclic) bond motifs is 1. The lowest BCUT2D eigenvalue weighted by Crippen LogP contribution is -2.33. The van der Waals surface area contributed by atoms with E-state index in [4.69, 9.17) is 0 Å². The van der Waals surface area contributed by atoms with Crippen molar-refractivity contribution < 1.29 is 9.59 Å². The van der Waals surface area contributed by atoms with Crippen LogP contribution in [-0.4, -0.2) is 31.4 Å². The molecule has 2 amide bonds. The van der Waals surface area contributed by atoms with Crippen LogP contribution in [0.2, 0.25) is 0 Å². The van der Waals surface area contributed by atoms with Crippen LogP contribution in [0.25, 0.3) is 0 Å². The fraction of sp³-hybridized carbons (Fsp3) is 0.500. The molecule has 0 aromatic heterocycles. The Hall–Kier alpha value is -1.88. The van der Waals surface area contributed by atoms with E-state index in [-0.39, 0.29) is 11.8 Å². The van der Waals surface area contributed by atoms with Gasteiger partial charge in [0.05, 0.1) is 6.42 Å². The predicted octanol–water partition coefficient (Wildman–Crippen LogP) is 1.30. The summed E-state index contributed by atoms with van der Waals surface area (Å²) in [4.78, 5) is 23.4. The van der Waals surface area contributed by atoms with E-state index in [1.165, 1.54) is 12.8 Å². The molecule has 1 fully saturated rings. The van der Waals surface area contributed by atoms with E-state index in [0.717, 1.165) is 30.8 Å². The maximum atomic E-state index is 12.1. The molecule has 1 unspecified atom stereocenters. The number of nitrogens with one attached hydrogen (secondary N) is 3. The molecule has 2 aliphatic rings. The molecule has 5 heteroatoms. The molecule has 1 atom stereocenters. The van der Waals surface area contributed by atoms with Crippen LogP contribution in [0.5, 0.6) is 0 Å². The lowest BCUT2D eigenvalue weighted by Gasteiger charge is -2.22. The summed E-state index contributed by atoms with van der Waals surface area (Å²) in [5.74, 6) is 0.591. The number of carbonyl (C=O) groups is 2. The van der Waals surface area contributed by atoms with Crippen molar-refractivity contribution in [3.05, 3.63) is 29.3 Å². The molecule has 21 heavy (non-hydrogen) atoms. The topological polar surface area (TPSA) is 70.2 Å². The van der Waals surface area contributed by atoms with Crippen LogP contribution < -0.4 is 16.0 Å². The highest BCUT2D eigenvalue weighted by molar-refractivity contribution is 6.02. The van der Waals surface area contributed by atoms with Crippen LogP contribution in [0.15, 0.2) is 18.2 Å². The zero-order chi connectivity index (χ0) is 14.7. The van der Waals surface area contributed by atoms with Crippen molar-refractivity contribution in [2.45, 2.75) is 25.7 Å². The summed E-state index contributed by atoms with van der Waals surface area (Å²) in [7, 11) is 0. The SMILES string of the molecule is O=C1Cc2ccc(C(=O)NCCC3CCCNC3)cc2N1. The molecule has 5 nitrogen and oxygen atoms in total. The van der Waals surface area contributed by atoms with E-state index < -0.39 is 0 Å². The standard InChI is InChI=1S/C16H21N3O2/c20-15-9-12-3-4-13(8-14(12)19-15)16(21)18-7-5-11-2-1-6-17-10-11/h3-4,8,11,17H,1-2,5-7,9-10H2,(H,18,21)(H,19,20). The minimum absolute atomic E-state index is 0.00708. The summed E-state index contributed by atoms with van der Waals surface area (Å²) in [5, 5.41) is 9.13. The van der Waals surface area contributed by atoms with E-state index >= 15 is 0 Å². The molecule has 0 bridgehead atoms. The molecule has 0 spiro atoms. The number of rotatable bonds is 4. The van der Waals surface area contributed by atoms with Gasteiger partial charge in [-0.05, 0) is 56.0 Å². The summed E-state index contributed by atoms with van der Waals surface area (Å²) in [5.41, 5.74) is 2.34. The fourth-order valence-corrected chi connectivity index (χ4v) is 3.02. The highest BCUT2D eigenvalue weighted by atomic mass is 16.2. The molecular formula is C16H21N3O2. The lowest BCUT2D eigenvalue weighted by molar-refractivity contribution is -0.115. The predicted molar refractivity (Wildman–Crippen MR) is 81.3 cm³/mol. The van der Waals surface area contributed by atoms with Gasteiger partial charge < -0.3 is 16.0 Å². The average Bonchev–Trinajstić information content (AvgIpc) is 2.87. The number of amides is 2. The zero-order valence-electron chi connectivity index (χ0n) is 12.1. The summed E-state index contributed by atoms with van der Waals surface area (Å²) in [6.45, 7) is 2.87. The van der Waals surface area contributed by atoms with Crippen molar-refractivity contribution in [3.8, 4) is 0 Å². The van der Waals surface area contributed by atoms with Gasteiger partial charge in [-0.2, -0.15) is 0 Å². The van der Waals surface area contributed by atoms with Crippen molar-refractivity contribution in [1.29, 1.82) is 0 Å². The van der Waals surface area contributed by atoms with Gasteiger partial charge in [0.2, 0.25) is 5.91 Å². The number of benzene rings is 1. The molecule has 1 aromatic carbocycles. The number of anilines is 1. The van der Waals surface area contributed by atoms with Crippen molar-refractivity contribution >= 4 is 17.5 Å². The third-order valence-corrected chi connectivity index (χ3v) is 4.23. The van der Waals surface area contributed by atoms with Crippen molar-refractivity contribution in [1.82, 2.24) is 10.6 Å². The van der Waals surface area contributed by atoms with Crippen LogP contribution in [0.1, 0.15) is 35.2 Å². The minimum Gasteiger partial charge on any atom is -0.352 e. The molecule has 3 rings (SSSR count). The van der Waals surface area contributed by atoms with E-state index in [1.807, 2.05) is 6.07 Å². The molecule has 2 heterocycles. The van der Waals surface area contributed by atoms with Gasteiger partial charge in [0.1, 0.15) is 0 Å². The summed E-state index contributed by atoms with van der Waals surface area (Å²) in [6.07, 6.45) is 3.89. The Morgan fingerprint density at radius 2 is 2.29 bits per heavy atom. The van der Waals surface area contributed by atoms with Gasteiger partial charge in [-0.25, -0.2) is 0 Å². The van der Waals surface area contributed by atoms with Crippen molar-refractivity contribution in [2.75, 3.05) is 25.0 Å². The quantitative estimate of drug-likeness (QED) is 0.782. The summed E-state index contributed by atoms with van der Waals surface area (Å²) >= 11 is 0. The van der Waals surface area contributed by atoms with E-state index in [1.54, 1.807) is 12.1 Å². The first-order valence-corrected chi connectivity index (χ1v) is 7.64. The molecule has 3 N–H and O–H groups in total.